The summed E-state index contributed by atoms with van der Waals surface area (Å²) in [7, 11) is -1.46. The second-order valence-corrected chi connectivity index (χ2v) is 16.8. The third-order valence-electron chi connectivity index (χ3n) is 7.42. The molecule has 3 atom stereocenters. The Morgan fingerprint density at radius 1 is 1.03 bits per heavy atom. The van der Waals surface area contributed by atoms with E-state index in [4.69, 9.17) is 0 Å². The number of piperidine rings is 1. The maximum atomic E-state index is 13.2. The van der Waals surface area contributed by atoms with Gasteiger partial charge in [-0.05, 0) is 67.3 Å². The first-order valence-electron chi connectivity index (χ1n) is 13.0. The van der Waals surface area contributed by atoms with Crippen molar-refractivity contribution in [2.24, 2.45) is 11.8 Å². The molecule has 2 aromatic rings. The largest absolute Gasteiger partial charge is 0.481 e. The minimum absolute atomic E-state index is 0.0258. The molecule has 0 aromatic heterocycles. The third kappa shape index (κ3) is 7.45. The standard InChI is InChI=1S/C29H40F3NO2Si/c1-20(2)6-15-26(22-7-11-24(12-8-22)29(30,31)32)33-17-16-21(19-28(34)35)18-27(33)23-9-13-25(14-10-23)36(3,4)5/h7-14,20-21,26-27H,6,15-19H2,1-5H3,(H,34,35). The first-order valence-corrected chi connectivity index (χ1v) is 16.5. The second-order valence-electron chi connectivity index (χ2n) is 11.7. The summed E-state index contributed by atoms with van der Waals surface area (Å²) in [6.45, 7) is 12.0. The molecule has 0 bridgehead atoms. The molecule has 0 radical (unpaired) electrons. The number of carboxylic acids is 1. The highest BCUT2D eigenvalue weighted by Gasteiger charge is 2.36. The second kappa shape index (κ2) is 11.5. The van der Waals surface area contributed by atoms with E-state index in [0.717, 1.165) is 43.4 Å². The van der Waals surface area contributed by atoms with Gasteiger partial charge in [0.2, 0.25) is 0 Å². The number of hydrogen-bond donors (Lipinski definition) is 1. The van der Waals surface area contributed by atoms with Gasteiger partial charge in [-0.2, -0.15) is 13.2 Å². The number of rotatable bonds is 9. The van der Waals surface area contributed by atoms with E-state index in [1.165, 1.54) is 17.3 Å². The Labute approximate surface area is 214 Å². The third-order valence-corrected chi connectivity index (χ3v) is 9.48. The highest BCUT2D eigenvalue weighted by atomic mass is 28.3. The van der Waals surface area contributed by atoms with Gasteiger partial charge in [-0.1, -0.05) is 75.1 Å². The minimum Gasteiger partial charge on any atom is -0.481 e. The van der Waals surface area contributed by atoms with Crippen LogP contribution in [0.4, 0.5) is 13.2 Å². The Bertz CT molecular complexity index is 997. The van der Waals surface area contributed by atoms with Crippen LogP contribution in [-0.2, 0) is 11.0 Å². The highest BCUT2D eigenvalue weighted by Crippen LogP contribution is 2.43. The first-order chi connectivity index (χ1) is 16.8. The molecule has 2 aromatic carbocycles. The quantitative estimate of drug-likeness (QED) is 0.346. The molecule has 36 heavy (non-hydrogen) atoms. The SMILES string of the molecule is CC(C)CCC(c1ccc(C(F)(F)F)cc1)N1CCC(CC(=O)O)CC1c1ccc([Si](C)(C)C)cc1. The van der Waals surface area contributed by atoms with Crippen molar-refractivity contribution < 1.29 is 23.1 Å². The average molecular weight is 520 g/mol. The summed E-state index contributed by atoms with van der Waals surface area (Å²) in [5.41, 5.74) is 1.42. The molecule has 0 aliphatic carbocycles. The van der Waals surface area contributed by atoms with E-state index in [2.05, 4.69) is 62.7 Å². The first kappa shape index (κ1) is 28.4. The number of benzene rings is 2. The lowest BCUT2D eigenvalue weighted by molar-refractivity contribution is -0.139. The van der Waals surface area contributed by atoms with Gasteiger partial charge < -0.3 is 5.11 Å². The van der Waals surface area contributed by atoms with E-state index >= 15 is 0 Å². The summed E-state index contributed by atoms with van der Waals surface area (Å²) in [5.74, 6) is -0.222. The van der Waals surface area contributed by atoms with Crippen LogP contribution in [0.25, 0.3) is 0 Å². The van der Waals surface area contributed by atoms with Gasteiger partial charge in [-0.15, -0.1) is 0 Å². The van der Waals surface area contributed by atoms with Crippen LogP contribution in [0, 0.1) is 11.8 Å². The van der Waals surface area contributed by atoms with Crippen molar-refractivity contribution in [1.82, 2.24) is 4.90 Å². The Balaban J connectivity index is 1.99. The van der Waals surface area contributed by atoms with E-state index < -0.39 is 25.8 Å². The lowest BCUT2D eigenvalue weighted by Crippen LogP contribution is -2.41. The van der Waals surface area contributed by atoms with E-state index in [0.29, 0.717) is 5.92 Å². The molecule has 1 saturated heterocycles. The normalized spacial score (nSPS) is 20.5. The molecule has 3 rings (SSSR count). The predicted molar refractivity (Wildman–Crippen MR) is 142 cm³/mol. The number of nitrogens with zero attached hydrogens (tertiary/aromatic N) is 1. The van der Waals surface area contributed by atoms with Crippen LogP contribution in [0.2, 0.25) is 19.6 Å². The summed E-state index contributed by atoms with van der Waals surface area (Å²) < 4.78 is 39.7. The van der Waals surface area contributed by atoms with Crippen molar-refractivity contribution in [3.63, 3.8) is 0 Å². The van der Waals surface area contributed by atoms with E-state index in [1.54, 1.807) is 12.1 Å². The van der Waals surface area contributed by atoms with Gasteiger partial charge in [0, 0.05) is 18.5 Å². The summed E-state index contributed by atoms with van der Waals surface area (Å²) in [6.07, 6.45) is -0.903. The van der Waals surface area contributed by atoms with Crippen molar-refractivity contribution in [1.29, 1.82) is 0 Å². The van der Waals surface area contributed by atoms with Gasteiger partial charge in [0.1, 0.15) is 0 Å². The Kier molecular flexibility index (Phi) is 9.09. The monoisotopic (exact) mass is 519 g/mol. The zero-order valence-corrected chi connectivity index (χ0v) is 23.1. The van der Waals surface area contributed by atoms with Crippen LogP contribution >= 0.6 is 0 Å². The lowest BCUT2D eigenvalue weighted by atomic mass is 9.82. The van der Waals surface area contributed by atoms with Gasteiger partial charge in [0.05, 0.1) is 13.6 Å². The molecule has 1 fully saturated rings. The highest BCUT2D eigenvalue weighted by molar-refractivity contribution is 6.88. The van der Waals surface area contributed by atoms with E-state index in [1.807, 2.05) is 0 Å². The zero-order chi connectivity index (χ0) is 26.7. The molecule has 0 saturated carbocycles. The summed E-state index contributed by atoms with van der Waals surface area (Å²) >= 11 is 0. The fourth-order valence-corrected chi connectivity index (χ4v) is 6.47. The van der Waals surface area contributed by atoms with E-state index in [-0.39, 0.29) is 24.4 Å². The maximum absolute atomic E-state index is 13.2. The van der Waals surface area contributed by atoms with Crippen LogP contribution in [0.1, 0.15) is 74.7 Å². The minimum atomic E-state index is -4.36. The molecule has 1 heterocycles. The van der Waals surface area contributed by atoms with Crippen molar-refractivity contribution in [2.45, 2.75) is 83.9 Å². The molecule has 1 N–H and O–H groups in total. The topological polar surface area (TPSA) is 40.5 Å². The zero-order valence-electron chi connectivity index (χ0n) is 22.1. The summed E-state index contributed by atoms with van der Waals surface area (Å²) in [6, 6.07) is 14.4. The van der Waals surface area contributed by atoms with Crippen LogP contribution in [0.3, 0.4) is 0 Å². The van der Waals surface area contributed by atoms with Crippen molar-refractivity contribution >= 4 is 19.2 Å². The van der Waals surface area contributed by atoms with Crippen LogP contribution in [-0.4, -0.2) is 30.6 Å². The van der Waals surface area contributed by atoms with Gasteiger partial charge in [0.25, 0.3) is 0 Å². The number of alkyl halides is 3. The fraction of sp³-hybridized carbons (Fsp3) is 0.552. The molecule has 198 valence electrons. The molecular formula is C29H40F3NO2Si. The lowest BCUT2D eigenvalue weighted by Gasteiger charge is -2.44. The summed E-state index contributed by atoms with van der Waals surface area (Å²) in [4.78, 5) is 13.9. The molecule has 1 aliphatic rings. The molecule has 3 unspecified atom stereocenters. The number of hydrogen-bond acceptors (Lipinski definition) is 2. The van der Waals surface area contributed by atoms with Crippen LogP contribution in [0.15, 0.2) is 48.5 Å². The molecule has 0 spiro atoms. The predicted octanol–water partition coefficient (Wildman–Crippen LogP) is 7.66. The molecule has 3 nitrogen and oxygen atoms in total. The maximum Gasteiger partial charge on any atom is 0.416 e. The average Bonchev–Trinajstić information content (AvgIpc) is 2.78. The molecule has 7 heteroatoms. The van der Waals surface area contributed by atoms with Gasteiger partial charge in [0.15, 0.2) is 0 Å². The van der Waals surface area contributed by atoms with Crippen molar-refractivity contribution in [3.8, 4) is 0 Å². The Hall–Kier alpha value is -2.12. The van der Waals surface area contributed by atoms with Gasteiger partial charge >= 0.3 is 12.1 Å². The molecule has 1 aliphatic heterocycles. The smallest absolute Gasteiger partial charge is 0.416 e. The number of carbonyl (C=O) groups is 1. The Morgan fingerprint density at radius 2 is 1.64 bits per heavy atom. The van der Waals surface area contributed by atoms with Gasteiger partial charge in [-0.25, -0.2) is 0 Å². The number of aliphatic carboxylic acids is 1. The summed E-state index contributed by atoms with van der Waals surface area (Å²) in [5, 5.41) is 10.8. The van der Waals surface area contributed by atoms with Gasteiger partial charge in [-0.3, -0.25) is 9.69 Å². The molecule has 0 amide bonds. The van der Waals surface area contributed by atoms with Crippen molar-refractivity contribution in [3.05, 3.63) is 65.2 Å². The van der Waals surface area contributed by atoms with Crippen molar-refractivity contribution in [2.75, 3.05) is 6.54 Å². The van der Waals surface area contributed by atoms with Crippen LogP contribution < -0.4 is 5.19 Å². The number of halogens is 3. The molecular weight excluding hydrogens is 479 g/mol. The number of likely N-dealkylation sites (tertiary alicyclic amines) is 1. The fourth-order valence-electron chi connectivity index (χ4n) is 5.30. The van der Waals surface area contributed by atoms with Crippen LogP contribution in [0.5, 0.6) is 0 Å². The Morgan fingerprint density at radius 3 is 2.14 bits per heavy atom. The van der Waals surface area contributed by atoms with E-state index in [9.17, 15) is 23.1 Å². The number of carboxylic acid groups (broad SMARTS) is 1.